The van der Waals surface area contributed by atoms with Crippen LogP contribution in [0.2, 0.25) is 0 Å². The zero-order valence-corrected chi connectivity index (χ0v) is 14.2. The van der Waals surface area contributed by atoms with E-state index in [0.29, 0.717) is 6.54 Å². The van der Waals surface area contributed by atoms with Gasteiger partial charge in [-0.3, -0.25) is 4.79 Å². The van der Waals surface area contributed by atoms with E-state index in [2.05, 4.69) is 5.32 Å². The Hall–Kier alpha value is -2.24. The van der Waals surface area contributed by atoms with Crippen molar-refractivity contribution >= 4 is 17.6 Å². The predicted octanol–water partition coefficient (Wildman–Crippen LogP) is 2.56. The van der Waals surface area contributed by atoms with E-state index in [-0.39, 0.29) is 17.9 Å². The third-order valence-corrected chi connectivity index (χ3v) is 4.80. The number of ether oxygens (including phenoxy) is 1. The van der Waals surface area contributed by atoms with Crippen LogP contribution in [0.15, 0.2) is 24.3 Å². The van der Waals surface area contributed by atoms with E-state index >= 15 is 0 Å². The van der Waals surface area contributed by atoms with Gasteiger partial charge in [0.05, 0.1) is 13.0 Å². The number of benzene rings is 1. The van der Waals surface area contributed by atoms with Crippen molar-refractivity contribution in [2.24, 2.45) is 5.92 Å². The number of hydrogen-bond donors (Lipinski definition) is 1. The van der Waals surface area contributed by atoms with E-state index in [9.17, 15) is 9.59 Å². The van der Waals surface area contributed by atoms with Crippen LogP contribution in [0.4, 0.5) is 10.5 Å². The molecule has 2 fully saturated rings. The lowest BCUT2D eigenvalue weighted by Crippen LogP contribution is -2.48. The number of amides is 3. The monoisotopic (exact) mass is 331 g/mol. The van der Waals surface area contributed by atoms with E-state index in [1.54, 1.807) is 7.11 Å². The van der Waals surface area contributed by atoms with Crippen molar-refractivity contribution in [2.75, 3.05) is 38.6 Å². The van der Waals surface area contributed by atoms with Crippen LogP contribution in [-0.4, -0.2) is 55.0 Å². The second kappa shape index (κ2) is 7.55. The molecule has 2 heterocycles. The zero-order chi connectivity index (χ0) is 16.9. The summed E-state index contributed by atoms with van der Waals surface area (Å²) < 4.78 is 5.12. The molecule has 0 aliphatic carbocycles. The van der Waals surface area contributed by atoms with Gasteiger partial charge in [-0.1, -0.05) is 0 Å². The first-order valence-corrected chi connectivity index (χ1v) is 8.66. The summed E-state index contributed by atoms with van der Waals surface area (Å²) in [5.74, 6) is 0.597. The number of carbonyl (C=O) groups excluding carboxylic acids is 2. The van der Waals surface area contributed by atoms with Crippen molar-refractivity contribution in [1.29, 1.82) is 0 Å². The molecule has 130 valence electrons. The Morgan fingerprint density at radius 3 is 2.38 bits per heavy atom. The highest BCUT2D eigenvalue weighted by atomic mass is 16.5. The molecule has 1 unspecified atom stereocenters. The SMILES string of the molecule is COc1ccc(NC(=O)C2CCCN(C(=O)N3CCCC3)C2)cc1. The lowest BCUT2D eigenvalue weighted by molar-refractivity contribution is -0.121. The molecule has 6 heteroatoms. The number of methoxy groups -OCH3 is 1. The Morgan fingerprint density at radius 2 is 1.71 bits per heavy atom. The Morgan fingerprint density at radius 1 is 1.04 bits per heavy atom. The third-order valence-electron chi connectivity index (χ3n) is 4.80. The quantitative estimate of drug-likeness (QED) is 0.926. The molecule has 3 rings (SSSR count). The van der Waals surface area contributed by atoms with Gasteiger partial charge < -0.3 is 19.9 Å². The van der Waals surface area contributed by atoms with Crippen LogP contribution in [-0.2, 0) is 4.79 Å². The van der Waals surface area contributed by atoms with Crippen LogP contribution < -0.4 is 10.1 Å². The Bertz CT molecular complexity index is 582. The van der Waals surface area contributed by atoms with Crippen molar-refractivity contribution in [3.8, 4) is 5.75 Å². The van der Waals surface area contributed by atoms with Gasteiger partial charge in [0, 0.05) is 31.9 Å². The van der Waals surface area contributed by atoms with Gasteiger partial charge in [-0.05, 0) is 49.9 Å². The number of hydrogen-bond acceptors (Lipinski definition) is 3. The largest absolute Gasteiger partial charge is 0.497 e. The third kappa shape index (κ3) is 3.80. The van der Waals surface area contributed by atoms with Gasteiger partial charge in [0.25, 0.3) is 0 Å². The number of urea groups is 1. The molecular formula is C18H25N3O3. The smallest absolute Gasteiger partial charge is 0.320 e. The number of piperidine rings is 1. The summed E-state index contributed by atoms with van der Waals surface area (Å²) in [5, 5.41) is 2.95. The number of rotatable bonds is 3. The van der Waals surface area contributed by atoms with Gasteiger partial charge in [0.1, 0.15) is 5.75 Å². The highest BCUT2D eigenvalue weighted by Gasteiger charge is 2.31. The minimum Gasteiger partial charge on any atom is -0.497 e. The molecule has 2 aliphatic heterocycles. The van der Waals surface area contributed by atoms with Crippen molar-refractivity contribution in [1.82, 2.24) is 9.80 Å². The van der Waals surface area contributed by atoms with Crippen molar-refractivity contribution in [3.63, 3.8) is 0 Å². The first-order chi connectivity index (χ1) is 11.7. The second-order valence-corrected chi connectivity index (χ2v) is 6.48. The van der Waals surface area contributed by atoms with Gasteiger partial charge in [0.15, 0.2) is 0 Å². The standard InChI is InChI=1S/C18H25N3O3/c1-24-16-8-6-15(7-9-16)19-17(22)14-5-4-12-21(13-14)18(23)20-10-2-3-11-20/h6-9,14H,2-5,10-13H2,1H3,(H,19,22). The normalized spacial score (nSPS) is 20.8. The van der Waals surface area contributed by atoms with Crippen molar-refractivity contribution in [3.05, 3.63) is 24.3 Å². The molecule has 0 radical (unpaired) electrons. The average Bonchev–Trinajstić information content (AvgIpc) is 3.16. The molecule has 1 N–H and O–H groups in total. The Balaban J connectivity index is 1.56. The van der Waals surface area contributed by atoms with E-state index < -0.39 is 0 Å². The number of nitrogens with one attached hydrogen (secondary N) is 1. The summed E-state index contributed by atoms with van der Waals surface area (Å²) in [6.07, 6.45) is 3.87. The fourth-order valence-electron chi connectivity index (χ4n) is 3.39. The van der Waals surface area contributed by atoms with Gasteiger partial charge in [-0.25, -0.2) is 4.79 Å². The summed E-state index contributed by atoms with van der Waals surface area (Å²) >= 11 is 0. The fourth-order valence-corrected chi connectivity index (χ4v) is 3.39. The first-order valence-electron chi connectivity index (χ1n) is 8.66. The summed E-state index contributed by atoms with van der Waals surface area (Å²) in [6, 6.07) is 7.38. The molecule has 24 heavy (non-hydrogen) atoms. The lowest BCUT2D eigenvalue weighted by atomic mass is 9.97. The Kier molecular flexibility index (Phi) is 5.23. The minimum atomic E-state index is -0.146. The van der Waals surface area contributed by atoms with Crippen LogP contribution in [0.25, 0.3) is 0 Å². The van der Waals surface area contributed by atoms with Gasteiger partial charge in [-0.2, -0.15) is 0 Å². The highest BCUT2D eigenvalue weighted by molar-refractivity contribution is 5.93. The fraction of sp³-hybridized carbons (Fsp3) is 0.556. The van der Waals surface area contributed by atoms with E-state index in [1.807, 2.05) is 34.1 Å². The second-order valence-electron chi connectivity index (χ2n) is 6.48. The van der Waals surface area contributed by atoms with E-state index in [4.69, 9.17) is 4.74 Å². The summed E-state index contributed by atoms with van der Waals surface area (Å²) in [4.78, 5) is 28.8. The molecule has 0 saturated carbocycles. The summed E-state index contributed by atoms with van der Waals surface area (Å²) in [5.41, 5.74) is 0.754. The number of carbonyl (C=O) groups is 2. The molecule has 1 aromatic rings. The van der Waals surface area contributed by atoms with Crippen molar-refractivity contribution < 1.29 is 14.3 Å². The maximum atomic E-state index is 12.5. The highest BCUT2D eigenvalue weighted by Crippen LogP contribution is 2.22. The Labute approximate surface area is 142 Å². The number of nitrogens with zero attached hydrogens (tertiary/aromatic N) is 2. The molecule has 1 aromatic carbocycles. The maximum absolute atomic E-state index is 12.5. The van der Waals surface area contributed by atoms with E-state index in [0.717, 1.165) is 56.8 Å². The van der Waals surface area contributed by atoms with Crippen LogP contribution >= 0.6 is 0 Å². The van der Waals surface area contributed by atoms with Gasteiger partial charge in [-0.15, -0.1) is 0 Å². The van der Waals surface area contributed by atoms with Crippen LogP contribution in [0.3, 0.4) is 0 Å². The molecule has 0 aromatic heterocycles. The van der Waals surface area contributed by atoms with Gasteiger partial charge >= 0.3 is 6.03 Å². The molecule has 2 aliphatic rings. The average molecular weight is 331 g/mol. The topological polar surface area (TPSA) is 61.9 Å². The molecule has 3 amide bonds. The molecule has 0 bridgehead atoms. The summed E-state index contributed by atoms with van der Waals surface area (Å²) in [6.45, 7) is 2.95. The molecule has 0 spiro atoms. The molecular weight excluding hydrogens is 306 g/mol. The number of anilines is 1. The number of likely N-dealkylation sites (tertiary alicyclic amines) is 2. The zero-order valence-electron chi connectivity index (χ0n) is 14.2. The van der Waals surface area contributed by atoms with E-state index in [1.165, 1.54) is 0 Å². The van der Waals surface area contributed by atoms with Crippen LogP contribution in [0, 0.1) is 5.92 Å². The molecule has 2 saturated heterocycles. The minimum absolute atomic E-state index is 0.0147. The van der Waals surface area contributed by atoms with Crippen LogP contribution in [0.1, 0.15) is 25.7 Å². The predicted molar refractivity (Wildman–Crippen MR) is 92.1 cm³/mol. The lowest BCUT2D eigenvalue weighted by Gasteiger charge is -2.34. The van der Waals surface area contributed by atoms with Crippen LogP contribution in [0.5, 0.6) is 5.75 Å². The maximum Gasteiger partial charge on any atom is 0.320 e. The summed E-state index contributed by atoms with van der Waals surface area (Å²) in [7, 11) is 1.61. The first kappa shape index (κ1) is 16.6. The molecule has 6 nitrogen and oxygen atoms in total. The molecule has 1 atom stereocenters. The van der Waals surface area contributed by atoms with Crippen molar-refractivity contribution in [2.45, 2.75) is 25.7 Å². The van der Waals surface area contributed by atoms with Gasteiger partial charge in [0.2, 0.25) is 5.91 Å².